The molecule has 9 heteroatoms. The fraction of sp³-hybridized carbons (Fsp3) is 0. The molecule has 1 N–H and O–H groups in total. The number of hydrogen-bond donors (Lipinski definition) is 1. The molecule has 2 amide bonds. The molecule has 0 atom stereocenters. The number of aromatic nitrogens is 2. The highest BCUT2D eigenvalue weighted by molar-refractivity contribution is 7.18. The van der Waals surface area contributed by atoms with Gasteiger partial charge in [0.1, 0.15) is 11.2 Å². The molecule has 6 nitrogen and oxygen atoms in total. The van der Waals surface area contributed by atoms with Crippen molar-refractivity contribution in [2.24, 2.45) is 0 Å². The molecule has 0 aromatic carbocycles. The lowest BCUT2D eigenvalue weighted by atomic mass is 10.2. The molecule has 0 saturated heterocycles. The van der Waals surface area contributed by atoms with Gasteiger partial charge in [-0.25, -0.2) is 9.97 Å². The lowest BCUT2D eigenvalue weighted by Gasteiger charge is -2.16. The predicted octanol–water partition coefficient (Wildman–Crippen LogP) is 3.09. The van der Waals surface area contributed by atoms with Gasteiger partial charge in [0.25, 0.3) is 11.8 Å². The van der Waals surface area contributed by atoms with Crippen LogP contribution in [0, 0.1) is 0 Å². The van der Waals surface area contributed by atoms with Gasteiger partial charge in [0.05, 0.1) is 5.39 Å². The zero-order chi connectivity index (χ0) is 15.1. The molecule has 0 fully saturated rings. The molecule has 0 radical (unpaired) electrons. The summed E-state index contributed by atoms with van der Waals surface area (Å²) < 4.78 is 0. The van der Waals surface area contributed by atoms with E-state index >= 15 is 0 Å². The van der Waals surface area contributed by atoms with Gasteiger partial charge in [-0.05, 0) is 11.4 Å². The Hall–Kier alpha value is -2.29. The third-order valence-electron chi connectivity index (χ3n) is 3.18. The maximum absolute atomic E-state index is 11.7. The highest BCUT2D eigenvalue weighted by Gasteiger charge is 2.25. The number of rotatable bonds is 3. The van der Waals surface area contributed by atoms with E-state index in [0.29, 0.717) is 5.82 Å². The Balaban J connectivity index is 0.00000156. The largest absolute Gasteiger partial charge is 0.272 e. The highest BCUT2D eigenvalue weighted by Crippen LogP contribution is 2.38. The van der Waals surface area contributed by atoms with Gasteiger partial charge in [0.15, 0.2) is 5.82 Å². The molecule has 116 valence electrons. The van der Waals surface area contributed by atoms with E-state index < -0.39 is 11.8 Å². The van der Waals surface area contributed by atoms with Gasteiger partial charge < -0.3 is 0 Å². The van der Waals surface area contributed by atoms with Crippen molar-refractivity contribution in [3.63, 3.8) is 0 Å². The van der Waals surface area contributed by atoms with Gasteiger partial charge in [-0.15, -0.1) is 35.1 Å². The van der Waals surface area contributed by atoms with Crippen LogP contribution < -0.4 is 5.43 Å². The first-order chi connectivity index (χ1) is 10.7. The van der Waals surface area contributed by atoms with E-state index in [1.54, 1.807) is 11.3 Å². The summed E-state index contributed by atoms with van der Waals surface area (Å²) in [6.07, 6.45) is 3.86. The summed E-state index contributed by atoms with van der Waals surface area (Å²) in [7, 11) is 0. The monoisotopic (exact) mass is 364 g/mol. The lowest BCUT2D eigenvalue weighted by molar-refractivity contribution is -0.135. The van der Waals surface area contributed by atoms with Gasteiger partial charge >= 0.3 is 0 Å². The van der Waals surface area contributed by atoms with Crippen molar-refractivity contribution in [2.75, 3.05) is 5.43 Å². The molecule has 0 aliphatic carbocycles. The van der Waals surface area contributed by atoms with Crippen LogP contribution in [0.3, 0.4) is 0 Å². The molecule has 0 bridgehead atoms. The summed E-state index contributed by atoms with van der Waals surface area (Å²) in [5.41, 5.74) is 3.79. The first-order valence-corrected chi connectivity index (χ1v) is 8.09. The van der Waals surface area contributed by atoms with Crippen LogP contribution in [0.1, 0.15) is 0 Å². The van der Waals surface area contributed by atoms with Gasteiger partial charge in [-0.3, -0.25) is 15.0 Å². The number of thiophene rings is 2. The normalized spacial score (nSPS) is 13.7. The smallest absolute Gasteiger partial charge is 0.271 e. The molecule has 1 aliphatic heterocycles. The van der Waals surface area contributed by atoms with Crippen LogP contribution >= 0.6 is 35.1 Å². The van der Waals surface area contributed by atoms with Crippen molar-refractivity contribution < 1.29 is 9.59 Å². The standard InChI is InChI=1S/C14H8N4O2S2.ClH/c19-10-3-4-11(20)18(10)17-13-12-8(9-2-1-5-21-9)6-22-14(12)16-7-15-13;/h1-7H,(H,15,16,17);1H. The molecular formula is C14H9ClN4O2S2. The molecule has 4 rings (SSSR count). The molecular weight excluding hydrogens is 356 g/mol. The van der Waals surface area contributed by atoms with Crippen LogP contribution in [0.2, 0.25) is 0 Å². The number of hydrazine groups is 1. The van der Waals surface area contributed by atoms with Crippen molar-refractivity contribution in [3.05, 3.63) is 41.4 Å². The zero-order valence-corrected chi connectivity index (χ0v) is 13.9. The molecule has 3 aromatic heterocycles. The molecule has 23 heavy (non-hydrogen) atoms. The van der Waals surface area contributed by atoms with Crippen molar-refractivity contribution in [3.8, 4) is 10.4 Å². The average molecular weight is 365 g/mol. The van der Waals surface area contributed by atoms with Gasteiger partial charge in [0, 0.05) is 28.0 Å². The minimum Gasteiger partial charge on any atom is -0.271 e. The first kappa shape index (κ1) is 15.6. The summed E-state index contributed by atoms with van der Waals surface area (Å²) in [6.45, 7) is 0. The van der Waals surface area contributed by atoms with Crippen molar-refractivity contribution in [1.82, 2.24) is 15.0 Å². The van der Waals surface area contributed by atoms with E-state index in [0.717, 1.165) is 25.7 Å². The Bertz CT molecular complexity index is 902. The second kappa shape index (κ2) is 6.07. The van der Waals surface area contributed by atoms with E-state index in [9.17, 15) is 9.59 Å². The molecule has 0 unspecified atom stereocenters. The Kier molecular flexibility index (Phi) is 4.12. The van der Waals surface area contributed by atoms with Gasteiger partial charge in [-0.2, -0.15) is 5.01 Å². The quantitative estimate of drug-likeness (QED) is 0.723. The molecule has 1 aliphatic rings. The van der Waals surface area contributed by atoms with Crippen LogP contribution in [0.25, 0.3) is 20.7 Å². The number of carbonyl (C=O) groups is 2. The maximum Gasteiger partial charge on any atom is 0.272 e. The highest BCUT2D eigenvalue weighted by atomic mass is 35.5. The molecule has 3 aromatic rings. The molecule has 0 spiro atoms. The third-order valence-corrected chi connectivity index (χ3v) is 4.97. The Labute approximate surface area is 144 Å². The second-order valence-corrected chi connectivity index (χ2v) is 6.29. The Morgan fingerprint density at radius 1 is 1.09 bits per heavy atom. The summed E-state index contributed by atoms with van der Waals surface area (Å²) in [4.78, 5) is 33.7. The molecule has 4 heterocycles. The number of hydrogen-bond acceptors (Lipinski definition) is 7. The number of nitrogens with one attached hydrogen (secondary N) is 1. The van der Waals surface area contributed by atoms with E-state index in [2.05, 4.69) is 15.4 Å². The fourth-order valence-corrected chi connectivity index (χ4v) is 3.92. The van der Waals surface area contributed by atoms with Crippen molar-refractivity contribution >= 4 is 62.9 Å². The summed E-state index contributed by atoms with van der Waals surface area (Å²) in [5.74, 6) is -0.380. The van der Waals surface area contributed by atoms with Crippen LogP contribution in [0.4, 0.5) is 5.82 Å². The number of amides is 2. The third kappa shape index (κ3) is 2.61. The van der Waals surface area contributed by atoms with Crippen molar-refractivity contribution in [1.29, 1.82) is 0 Å². The van der Waals surface area contributed by atoms with E-state index in [1.165, 1.54) is 29.8 Å². The first-order valence-electron chi connectivity index (χ1n) is 6.33. The summed E-state index contributed by atoms with van der Waals surface area (Å²) in [6, 6.07) is 3.98. The zero-order valence-electron chi connectivity index (χ0n) is 11.4. The Morgan fingerprint density at radius 3 is 2.57 bits per heavy atom. The lowest BCUT2D eigenvalue weighted by Crippen LogP contribution is -2.35. The van der Waals surface area contributed by atoms with Crippen LogP contribution in [-0.4, -0.2) is 26.8 Å². The van der Waals surface area contributed by atoms with E-state index in [4.69, 9.17) is 0 Å². The number of carbonyl (C=O) groups excluding carboxylic acids is 2. The van der Waals surface area contributed by atoms with Crippen LogP contribution in [-0.2, 0) is 9.59 Å². The number of halogens is 1. The fourth-order valence-electron chi connectivity index (χ4n) is 2.19. The van der Waals surface area contributed by atoms with E-state index in [1.807, 2.05) is 22.9 Å². The summed E-state index contributed by atoms with van der Waals surface area (Å²) >= 11 is 3.11. The average Bonchev–Trinajstić information content (AvgIpc) is 3.23. The number of imide groups is 1. The maximum atomic E-state index is 11.7. The second-order valence-electron chi connectivity index (χ2n) is 4.49. The predicted molar refractivity (Wildman–Crippen MR) is 92.6 cm³/mol. The minimum absolute atomic E-state index is 0. The van der Waals surface area contributed by atoms with Gasteiger partial charge in [0.2, 0.25) is 0 Å². The van der Waals surface area contributed by atoms with Crippen LogP contribution in [0.15, 0.2) is 41.4 Å². The van der Waals surface area contributed by atoms with Crippen molar-refractivity contribution in [2.45, 2.75) is 0 Å². The van der Waals surface area contributed by atoms with E-state index in [-0.39, 0.29) is 12.4 Å². The molecule has 0 saturated carbocycles. The van der Waals surface area contributed by atoms with Crippen LogP contribution in [0.5, 0.6) is 0 Å². The number of nitrogens with zero attached hydrogens (tertiary/aromatic N) is 3. The topological polar surface area (TPSA) is 75.2 Å². The number of fused-ring (bicyclic) bond motifs is 1. The SMILES string of the molecule is Cl.O=C1C=CC(=O)N1Nc1ncnc2scc(-c3cccs3)c12. The van der Waals surface area contributed by atoms with Gasteiger partial charge in [-0.1, -0.05) is 6.07 Å². The Morgan fingerprint density at radius 2 is 1.87 bits per heavy atom. The number of anilines is 1. The summed E-state index contributed by atoms with van der Waals surface area (Å²) in [5, 5.41) is 5.75. The minimum atomic E-state index is -0.412.